The molecule has 0 aliphatic rings. The number of hydrogen-bond donors (Lipinski definition) is 0. The number of aromatic nitrogens is 6. The van der Waals surface area contributed by atoms with Gasteiger partial charge in [0.15, 0.2) is 29.1 Å². The van der Waals surface area contributed by atoms with Gasteiger partial charge in [-0.25, -0.2) is 19.9 Å². The lowest BCUT2D eigenvalue weighted by Crippen LogP contribution is -2.15. The van der Waals surface area contributed by atoms with Gasteiger partial charge in [-0.15, -0.1) is 11.3 Å². The van der Waals surface area contributed by atoms with Gasteiger partial charge in [-0.2, -0.15) is 9.97 Å². The van der Waals surface area contributed by atoms with Crippen LogP contribution >= 0.6 is 11.3 Å². The first kappa shape index (κ1) is 50.3. The topological polar surface area (TPSA) is 97.0 Å². The highest BCUT2D eigenvalue weighted by Gasteiger charge is 2.23. The van der Waals surface area contributed by atoms with Gasteiger partial charge in [0.05, 0.1) is 0 Å². The van der Waals surface area contributed by atoms with Gasteiger partial charge in [0, 0.05) is 87.2 Å². The predicted molar refractivity (Wildman–Crippen MR) is 353 cm³/mol. The van der Waals surface area contributed by atoms with Crippen molar-refractivity contribution in [1.29, 1.82) is 0 Å². The third-order valence-corrected chi connectivity index (χ3v) is 16.9. The molecular formula is C76H48N8OS. The second-order valence-corrected chi connectivity index (χ2v) is 22.2. The van der Waals surface area contributed by atoms with Crippen LogP contribution in [0.5, 0.6) is 0 Å². The Balaban J connectivity index is 0.795. The number of nitrogens with zero attached hydrogens (tertiary/aromatic N) is 8. The Kier molecular flexibility index (Phi) is 12.5. The molecule has 0 atom stereocenters. The minimum absolute atomic E-state index is 0.498. The van der Waals surface area contributed by atoms with Crippen LogP contribution < -0.4 is 9.80 Å². The average Bonchev–Trinajstić information content (AvgIpc) is 2.15. The van der Waals surface area contributed by atoms with Crippen LogP contribution in [0, 0.1) is 0 Å². The van der Waals surface area contributed by atoms with Gasteiger partial charge in [0.25, 0.3) is 0 Å². The highest BCUT2D eigenvalue weighted by atomic mass is 32.1. The lowest BCUT2D eigenvalue weighted by atomic mass is 10.0. The van der Waals surface area contributed by atoms with Crippen LogP contribution in [0.3, 0.4) is 0 Å². The number of hydrogen-bond acceptors (Lipinski definition) is 10. The number of rotatable bonds is 12. The molecule has 4 heterocycles. The van der Waals surface area contributed by atoms with E-state index < -0.39 is 0 Å². The molecule has 0 unspecified atom stereocenters. The van der Waals surface area contributed by atoms with E-state index in [0.717, 1.165) is 115 Å². The van der Waals surface area contributed by atoms with Crippen LogP contribution in [-0.2, 0) is 0 Å². The van der Waals surface area contributed by atoms with Gasteiger partial charge >= 0.3 is 0 Å². The van der Waals surface area contributed by atoms with Crippen molar-refractivity contribution in [2.75, 3.05) is 9.80 Å². The van der Waals surface area contributed by atoms with E-state index in [9.17, 15) is 0 Å². The summed E-state index contributed by atoms with van der Waals surface area (Å²) >= 11 is 1.76. The third kappa shape index (κ3) is 9.32. The fourth-order valence-corrected chi connectivity index (χ4v) is 12.8. The number of fused-ring (bicyclic) bond motifs is 7. The second kappa shape index (κ2) is 21.4. The zero-order valence-electron chi connectivity index (χ0n) is 46.1. The van der Waals surface area contributed by atoms with Gasteiger partial charge in [0.2, 0.25) is 5.95 Å². The molecule has 86 heavy (non-hydrogen) atoms. The average molecular weight is 1120 g/mol. The fraction of sp³-hybridized carbons (Fsp3) is 0. The molecule has 16 rings (SSSR count). The molecule has 10 heteroatoms. The van der Waals surface area contributed by atoms with Crippen LogP contribution in [-0.4, -0.2) is 29.9 Å². The van der Waals surface area contributed by atoms with Crippen molar-refractivity contribution in [2.24, 2.45) is 0 Å². The van der Waals surface area contributed by atoms with Crippen molar-refractivity contribution in [1.82, 2.24) is 29.9 Å². The molecule has 9 nitrogen and oxygen atoms in total. The summed E-state index contributed by atoms with van der Waals surface area (Å²) in [6, 6.07) is 101. The Morgan fingerprint density at radius 1 is 0.256 bits per heavy atom. The smallest absolute Gasteiger partial charge is 0.238 e. The standard InChI is InChI=1S/C76H48N8OS/c1-5-20-51(21-6-1)71-77-72(52-22-7-2-8-23-52)79-73(78-71)54-25-17-30-59(45-54)83(56-26-9-3-10-27-56)60-41-43-64-63-42-37-55(47-69(63)86-70(64)48-60)74-80-75(65-33-18-24-50-19-13-14-31-61(50)65)82-76(81-74)84(57-28-11-4-12-29-57)58-39-35-49(36-40-58)53-38-44-68-66(46-53)62-32-15-16-34-67(62)85-68/h1-48H. The summed E-state index contributed by atoms with van der Waals surface area (Å²) in [6.07, 6.45) is 0. The summed E-state index contributed by atoms with van der Waals surface area (Å²) in [5, 5.41) is 6.67. The van der Waals surface area contributed by atoms with Crippen LogP contribution in [0.25, 0.3) is 121 Å². The number of anilines is 6. The van der Waals surface area contributed by atoms with Crippen molar-refractivity contribution in [3.63, 3.8) is 0 Å². The van der Waals surface area contributed by atoms with E-state index in [-0.39, 0.29) is 0 Å². The molecule has 0 saturated heterocycles. The zero-order chi connectivity index (χ0) is 56.9. The molecule has 0 bridgehead atoms. The normalized spacial score (nSPS) is 11.5. The summed E-state index contributed by atoms with van der Waals surface area (Å²) in [5.41, 5.74) is 13.3. The van der Waals surface area contributed by atoms with Gasteiger partial charge in [0.1, 0.15) is 11.2 Å². The number of benzene rings is 12. The molecule has 0 spiro atoms. The Morgan fingerprint density at radius 2 is 0.721 bits per heavy atom. The van der Waals surface area contributed by atoms with Crippen LogP contribution in [0.4, 0.5) is 34.4 Å². The molecular weight excluding hydrogens is 1070 g/mol. The molecule has 0 amide bonds. The molecule has 0 saturated carbocycles. The Morgan fingerprint density at radius 3 is 1.45 bits per heavy atom. The maximum Gasteiger partial charge on any atom is 0.238 e. The van der Waals surface area contributed by atoms with E-state index in [0.29, 0.717) is 35.1 Å². The van der Waals surface area contributed by atoms with Crippen molar-refractivity contribution in [3.05, 3.63) is 291 Å². The van der Waals surface area contributed by atoms with E-state index in [1.54, 1.807) is 11.3 Å². The maximum atomic E-state index is 6.18. The van der Waals surface area contributed by atoms with Crippen molar-refractivity contribution < 1.29 is 4.42 Å². The maximum absolute atomic E-state index is 6.18. The first-order valence-corrected chi connectivity index (χ1v) is 29.3. The summed E-state index contributed by atoms with van der Waals surface area (Å²) in [4.78, 5) is 35.7. The van der Waals surface area contributed by atoms with E-state index in [1.165, 1.54) is 5.39 Å². The Bertz CT molecular complexity index is 5130. The monoisotopic (exact) mass is 1120 g/mol. The third-order valence-electron chi connectivity index (χ3n) is 15.8. The van der Waals surface area contributed by atoms with E-state index in [2.05, 4.69) is 210 Å². The van der Waals surface area contributed by atoms with Crippen LogP contribution in [0.1, 0.15) is 0 Å². The van der Waals surface area contributed by atoms with E-state index >= 15 is 0 Å². The predicted octanol–water partition coefficient (Wildman–Crippen LogP) is 20.4. The first-order chi connectivity index (χ1) is 42.6. The minimum atomic E-state index is 0.498. The molecule has 0 aliphatic heterocycles. The molecule has 0 radical (unpaired) electrons. The van der Waals surface area contributed by atoms with Crippen molar-refractivity contribution in [3.8, 4) is 68.1 Å². The van der Waals surface area contributed by atoms with Crippen molar-refractivity contribution in [2.45, 2.75) is 0 Å². The van der Waals surface area contributed by atoms with E-state index in [4.69, 9.17) is 34.3 Å². The summed E-state index contributed by atoms with van der Waals surface area (Å²) in [6.45, 7) is 0. The summed E-state index contributed by atoms with van der Waals surface area (Å²) < 4.78 is 8.44. The fourth-order valence-electron chi connectivity index (χ4n) is 11.6. The lowest BCUT2D eigenvalue weighted by Gasteiger charge is -2.26. The second-order valence-electron chi connectivity index (χ2n) is 21.1. The molecule has 12 aromatic carbocycles. The molecule has 0 fully saturated rings. The molecule has 404 valence electrons. The van der Waals surface area contributed by atoms with Crippen LogP contribution in [0.15, 0.2) is 296 Å². The van der Waals surface area contributed by atoms with Gasteiger partial charge in [-0.3, -0.25) is 4.90 Å². The number of para-hydroxylation sites is 3. The lowest BCUT2D eigenvalue weighted by molar-refractivity contribution is 0.669. The largest absolute Gasteiger partial charge is 0.456 e. The quantitative estimate of drug-likeness (QED) is 0.118. The Labute approximate surface area is 499 Å². The Hall–Kier alpha value is -11.5. The van der Waals surface area contributed by atoms with E-state index in [1.807, 2.05) is 91.0 Å². The van der Waals surface area contributed by atoms with Crippen LogP contribution in [0.2, 0.25) is 0 Å². The SMILES string of the molecule is c1ccc(-c2nc(-c3ccccc3)nc(-c3cccc(N(c4ccccc4)c4ccc5c(c4)sc4cc(-c6nc(-c7cccc8ccccc78)nc(N(c7ccccc7)c7ccc(-c8ccc9oc%10ccccc%10c9c8)cc7)n6)ccc45)c3)n2)cc1. The molecule has 0 aliphatic carbocycles. The minimum Gasteiger partial charge on any atom is -0.456 e. The van der Waals surface area contributed by atoms with Crippen molar-refractivity contribution >= 4 is 98.6 Å². The highest BCUT2D eigenvalue weighted by molar-refractivity contribution is 7.25. The molecule has 4 aromatic heterocycles. The highest BCUT2D eigenvalue weighted by Crippen LogP contribution is 2.44. The summed E-state index contributed by atoms with van der Waals surface area (Å²) in [7, 11) is 0. The van der Waals surface area contributed by atoms with Gasteiger partial charge in [-0.05, 0) is 107 Å². The van der Waals surface area contributed by atoms with Gasteiger partial charge < -0.3 is 9.32 Å². The summed E-state index contributed by atoms with van der Waals surface area (Å²) in [5.74, 6) is 3.47. The first-order valence-electron chi connectivity index (χ1n) is 28.5. The molecule has 16 aromatic rings. The molecule has 0 N–H and O–H groups in total. The number of thiophene rings is 1. The number of furan rings is 1. The zero-order valence-corrected chi connectivity index (χ0v) is 46.9. The van der Waals surface area contributed by atoms with Gasteiger partial charge in [-0.1, -0.05) is 206 Å².